The molecule has 0 heterocycles. The summed E-state index contributed by atoms with van der Waals surface area (Å²) in [6, 6.07) is 15.3. The minimum absolute atomic E-state index is 0.0957. The molecule has 0 amide bonds. The maximum Gasteiger partial charge on any atom is 0.141 e. The Kier molecular flexibility index (Phi) is 5.12. The molecule has 2 aromatic rings. The SMILES string of the molecule is C=CC1CCC2CC(c3ccc(-c4ccc(C#N)c(F)c4)cc3)CCC2C1. The molecule has 0 aliphatic heterocycles. The Balaban J connectivity index is 1.46. The molecule has 2 fully saturated rings. The lowest BCUT2D eigenvalue weighted by Gasteiger charge is -2.41. The number of hydrogen-bond acceptors (Lipinski definition) is 1. The van der Waals surface area contributed by atoms with Crippen LogP contribution in [0.4, 0.5) is 4.39 Å². The number of benzene rings is 2. The van der Waals surface area contributed by atoms with Crippen LogP contribution >= 0.6 is 0 Å². The first-order chi connectivity index (χ1) is 13.2. The fourth-order valence-corrected chi connectivity index (χ4v) is 5.18. The largest absolute Gasteiger partial charge is 0.206 e. The normalized spacial score (nSPS) is 27.4. The van der Waals surface area contributed by atoms with Gasteiger partial charge in [0.1, 0.15) is 11.9 Å². The summed E-state index contributed by atoms with van der Waals surface area (Å²) < 4.78 is 13.9. The van der Waals surface area contributed by atoms with Crippen LogP contribution in [-0.2, 0) is 0 Å². The molecular weight excluding hydrogens is 333 g/mol. The van der Waals surface area contributed by atoms with E-state index in [9.17, 15) is 4.39 Å². The zero-order chi connectivity index (χ0) is 18.8. The number of nitrogens with zero attached hydrogens (tertiary/aromatic N) is 1. The number of nitriles is 1. The van der Waals surface area contributed by atoms with Gasteiger partial charge in [0, 0.05) is 0 Å². The minimum Gasteiger partial charge on any atom is -0.206 e. The van der Waals surface area contributed by atoms with E-state index >= 15 is 0 Å². The van der Waals surface area contributed by atoms with Gasteiger partial charge in [0.05, 0.1) is 5.56 Å². The zero-order valence-corrected chi connectivity index (χ0v) is 15.7. The minimum atomic E-state index is -0.451. The smallest absolute Gasteiger partial charge is 0.141 e. The lowest BCUT2D eigenvalue weighted by molar-refractivity contribution is 0.133. The van der Waals surface area contributed by atoms with Crippen molar-refractivity contribution in [3.63, 3.8) is 0 Å². The van der Waals surface area contributed by atoms with E-state index in [0.29, 0.717) is 5.92 Å². The second-order valence-electron chi connectivity index (χ2n) is 8.27. The van der Waals surface area contributed by atoms with Crippen molar-refractivity contribution in [2.45, 2.75) is 44.4 Å². The predicted octanol–water partition coefficient (Wildman–Crippen LogP) is 6.85. The number of allylic oxidation sites excluding steroid dienone is 1. The van der Waals surface area contributed by atoms with Gasteiger partial charge >= 0.3 is 0 Å². The molecule has 0 spiro atoms. The van der Waals surface area contributed by atoms with Gasteiger partial charge < -0.3 is 0 Å². The van der Waals surface area contributed by atoms with E-state index in [1.807, 2.05) is 12.1 Å². The Hall–Kier alpha value is -2.40. The quantitative estimate of drug-likeness (QED) is 0.550. The number of halogens is 1. The summed E-state index contributed by atoms with van der Waals surface area (Å²) in [6.45, 7) is 3.99. The van der Waals surface area contributed by atoms with Crippen LogP contribution in [0, 0.1) is 34.9 Å². The summed E-state index contributed by atoms with van der Waals surface area (Å²) in [4.78, 5) is 0. The Morgan fingerprint density at radius 2 is 1.63 bits per heavy atom. The van der Waals surface area contributed by atoms with Gasteiger partial charge in [-0.15, -0.1) is 6.58 Å². The third-order valence-corrected chi connectivity index (χ3v) is 6.79. The summed E-state index contributed by atoms with van der Waals surface area (Å²) in [5.41, 5.74) is 3.34. The van der Waals surface area contributed by atoms with Crippen molar-refractivity contribution in [1.29, 1.82) is 5.26 Å². The number of fused-ring (bicyclic) bond motifs is 1. The molecule has 2 saturated carbocycles. The summed E-state index contributed by atoms with van der Waals surface area (Å²) in [6.07, 6.45) is 10.1. The molecule has 0 radical (unpaired) electrons. The fourth-order valence-electron chi connectivity index (χ4n) is 5.18. The highest BCUT2D eigenvalue weighted by Gasteiger charge is 2.35. The van der Waals surface area contributed by atoms with Gasteiger partial charge in [0.2, 0.25) is 0 Å². The van der Waals surface area contributed by atoms with Crippen molar-refractivity contribution in [1.82, 2.24) is 0 Å². The highest BCUT2D eigenvalue weighted by molar-refractivity contribution is 5.65. The van der Waals surface area contributed by atoms with Crippen LogP contribution in [0.3, 0.4) is 0 Å². The molecule has 27 heavy (non-hydrogen) atoms. The number of hydrogen-bond donors (Lipinski definition) is 0. The Labute approximate surface area is 161 Å². The summed E-state index contributed by atoms with van der Waals surface area (Å²) in [7, 11) is 0. The third-order valence-electron chi connectivity index (χ3n) is 6.79. The molecule has 138 valence electrons. The Bertz CT molecular complexity index is 861. The molecular formula is C25H26FN. The first-order valence-corrected chi connectivity index (χ1v) is 10.1. The van der Waals surface area contributed by atoms with Crippen molar-refractivity contribution < 1.29 is 4.39 Å². The van der Waals surface area contributed by atoms with E-state index in [0.717, 1.165) is 28.9 Å². The predicted molar refractivity (Wildman–Crippen MR) is 108 cm³/mol. The molecule has 4 unspecified atom stereocenters. The van der Waals surface area contributed by atoms with Gasteiger partial charge in [0.15, 0.2) is 0 Å². The van der Waals surface area contributed by atoms with E-state index in [1.165, 1.54) is 50.2 Å². The van der Waals surface area contributed by atoms with Gasteiger partial charge in [-0.05, 0) is 91.0 Å². The van der Waals surface area contributed by atoms with Crippen LogP contribution in [0.25, 0.3) is 11.1 Å². The first kappa shape index (κ1) is 18.0. The van der Waals surface area contributed by atoms with Crippen molar-refractivity contribution in [2.24, 2.45) is 17.8 Å². The van der Waals surface area contributed by atoms with Crippen LogP contribution < -0.4 is 0 Å². The molecule has 2 aromatic carbocycles. The lowest BCUT2D eigenvalue weighted by atomic mass is 9.64. The summed E-state index contributed by atoms with van der Waals surface area (Å²) in [5.74, 6) is 2.69. The molecule has 4 atom stereocenters. The second-order valence-corrected chi connectivity index (χ2v) is 8.27. The van der Waals surface area contributed by atoms with Crippen molar-refractivity contribution in [2.75, 3.05) is 0 Å². The monoisotopic (exact) mass is 359 g/mol. The lowest BCUT2D eigenvalue weighted by Crippen LogP contribution is -2.29. The maximum absolute atomic E-state index is 13.9. The molecule has 2 aliphatic carbocycles. The highest BCUT2D eigenvalue weighted by atomic mass is 19.1. The van der Waals surface area contributed by atoms with Crippen LogP contribution in [0.5, 0.6) is 0 Å². The fraction of sp³-hybridized carbons (Fsp3) is 0.400. The zero-order valence-electron chi connectivity index (χ0n) is 15.7. The molecule has 2 heteroatoms. The Morgan fingerprint density at radius 1 is 0.926 bits per heavy atom. The molecule has 0 aromatic heterocycles. The first-order valence-electron chi connectivity index (χ1n) is 10.1. The van der Waals surface area contributed by atoms with Gasteiger partial charge in [-0.1, -0.05) is 36.4 Å². The molecule has 4 rings (SSSR count). The average molecular weight is 359 g/mol. The molecule has 0 saturated heterocycles. The van der Waals surface area contributed by atoms with Crippen LogP contribution in [0.2, 0.25) is 0 Å². The van der Waals surface area contributed by atoms with Crippen LogP contribution in [-0.4, -0.2) is 0 Å². The highest BCUT2D eigenvalue weighted by Crippen LogP contribution is 2.47. The van der Waals surface area contributed by atoms with Crippen LogP contribution in [0.1, 0.15) is 55.6 Å². The van der Waals surface area contributed by atoms with Gasteiger partial charge in [-0.3, -0.25) is 0 Å². The Morgan fingerprint density at radius 3 is 2.33 bits per heavy atom. The van der Waals surface area contributed by atoms with E-state index in [-0.39, 0.29) is 5.56 Å². The number of rotatable bonds is 3. The standard InChI is InChI=1S/C25H26FN/c1-2-17-3-4-22-14-21(10-9-20(22)13-17)18-5-7-19(8-6-18)23-11-12-24(16-27)25(26)15-23/h2,5-8,11-12,15,17,20-22H,1,3-4,9-10,13-14H2. The van der Waals surface area contributed by atoms with Crippen LogP contribution in [0.15, 0.2) is 55.1 Å². The van der Waals surface area contributed by atoms with Crippen molar-refractivity contribution >= 4 is 0 Å². The molecule has 0 bridgehead atoms. The van der Waals surface area contributed by atoms with E-state index < -0.39 is 5.82 Å². The van der Waals surface area contributed by atoms with E-state index in [2.05, 4.69) is 36.9 Å². The second kappa shape index (κ2) is 7.69. The van der Waals surface area contributed by atoms with E-state index in [1.54, 1.807) is 6.07 Å². The summed E-state index contributed by atoms with van der Waals surface area (Å²) in [5, 5.41) is 8.88. The third kappa shape index (κ3) is 3.69. The molecule has 2 aliphatic rings. The topological polar surface area (TPSA) is 23.8 Å². The van der Waals surface area contributed by atoms with Crippen molar-refractivity contribution in [3.05, 3.63) is 72.1 Å². The molecule has 0 N–H and O–H groups in total. The van der Waals surface area contributed by atoms with Crippen molar-refractivity contribution in [3.8, 4) is 17.2 Å². The van der Waals surface area contributed by atoms with Gasteiger partial charge in [0.25, 0.3) is 0 Å². The summed E-state index contributed by atoms with van der Waals surface area (Å²) >= 11 is 0. The maximum atomic E-state index is 13.9. The average Bonchev–Trinajstić information content (AvgIpc) is 2.73. The van der Waals surface area contributed by atoms with E-state index in [4.69, 9.17) is 5.26 Å². The van der Waals surface area contributed by atoms with Gasteiger partial charge in [-0.2, -0.15) is 5.26 Å². The van der Waals surface area contributed by atoms with Gasteiger partial charge in [-0.25, -0.2) is 4.39 Å². The molecule has 1 nitrogen and oxygen atoms in total.